The molecule has 0 aliphatic carbocycles. The highest BCUT2D eigenvalue weighted by molar-refractivity contribution is 6.30. The Labute approximate surface area is 225 Å². The van der Waals surface area contributed by atoms with E-state index >= 15 is 0 Å². The molecule has 2 aromatic heterocycles. The van der Waals surface area contributed by atoms with E-state index in [-0.39, 0.29) is 5.91 Å². The Bertz CT molecular complexity index is 1590. The van der Waals surface area contributed by atoms with Gasteiger partial charge in [-0.15, -0.1) is 0 Å². The first-order valence-corrected chi connectivity index (χ1v) is 12.9. The third-order valence-corrected chi connectivity index (χ3v) is 7.20. The molecule has 1 saturated heterocycles. The van der Waals surface area contributed by atoms with E-state index in [9.17, 15) is 4.79 Å². The fourth-order valence-corrected chi connectivity index (χ4v) is 5.16. The molecule has 0 bridgehead atoms. The van der Waals surface area contributed by atoms with Gasteiger partial charge in [0.15, 0.2) is 5.65 Å². The lowest BCUT2D eigenvalue weighted by atomic mass is 10.1. The molecule has 0 radical (unpaired) electrons. The van der Waals surface area contributed by atoms with E-state index in [2.05, 4.69) is 27.8 Å². The van der Waals surface area contributed by atoms with Gasteiger partial charge in [-0.2, -0.15) is 0 Å². The zero-order chi connectivity index (χ0) is 26.1. The van der Waals surface area contributed by atoms with Crippen molar-refractivity contribution in [2.45, 2.75) is 0 Å². The van der Waals surface area contributed by atoms with Gasteiger partial charge in [0, 0.05) is 48.5 Å². The summed E-state index contributed by atoms with van der Waals surface area (Å²) in [4.78, 5) is 26.7. The van der Waals surface area contributed by atoms with E-state index in [1.807, 2.05) is 47.4 Å². The highest BCUT2D eigenvalue weighted by Crippen LogP contribution is 2.38. The highest BCUT2D eigenvalue weighted by atomic mass is 35.5. The quantitative estimate of drug-likeness (QED) is 0.295. The Kier molecular flexibility index (Phi) is 6.43. The van der Waals surface area contributed by atoms with Gasteiger partial charge in [0.2, 0.25) is 0 Å². The zero-order valence-corrected chi connectivity index (χ0v) is 21.7. The van der Waals surface area contributed by atoms with Crippen LogP contribution in [0.15, 0.2) is 91.4 Å². The van der Waals surface area contributed by atoms with Crippen LogP contribution in [-0.2, 0) is 0 Å². The van der Waals surface area contributed by atoms with Crippen molar-refractivity contribution in [1.29, 1.82) is 0 Å². The maximum atomic E-state index is 13.0. The van der Waals surface area contributed by atoms with Gasteiger partial charge in [0.05, 0.1) is 18.2 Å². The molecule has 0 spiro atoms. The fraction of sp³-hybridized carbons (Fsp3) is 0.167. The van der Waals surface area contributed by atoms with Crippen molar-refractivity contribution in [2.24, 2.45) is 0 Å². The average molecular weight is 524 g/mol. The molecule has 0 saturated carbocycles. The number of amides is 1. The molecule has 1 aliphatic rings. The van der Waals surface area contributed by atoms with Gasteiger partial charge in [-0.1, -0.05) is 54.1 Å². The lowest BCUT2D eigenvalue weighted by molar-refractivity contribution is 0.0746. The van der Waals surface area contributed by atoms with Crippen LogP contribution in [0.3, 0.4) is 0 Å². The lowest BCUT2D eigenvalue weighted by Crippen LogP contribution is -2.49. The van der Waals surface area contributed by atoms with Crippen LogP contribution >= 0.6 is 11.6 Å². The summed E-state index contributed by atoms with van der Waals surface area (Å²) in [5, 5.41) is 1.59. The Morgan fingerprint density at radius 3 is 2.32 bits per heavy atom. The first-order chi connectivity index (χ1) is 18.6. The van der Waals surface area contributed by atoms with Crippen molar-refractivity contribution >= 4 is 34.4 Å². The van der Waals surface area contributed by atoms with E-state index < -0.39 is 0 Å². The predicted molar refractivity (Wildman–Crippen MR) is 150 cm³/mol. The average Bonchev–Trinajstić information content (AvgIpc) is 3.37. The minimum atomic E-state index is 0.0152. The number of anilines is 1. The van der Waals surface area contributed by atoms with Crippen molar-refractivity contribution in [1.82, 2.24) is 19.4 Å². The van der Waals surface area contributed by atoms with Crippen molar-refractivity contribution in [2.75, 3.05) is 38.2 Å². The number of piperazine rings is 1. The van der Waals surface area contributed by atoms with E-state index in [0.717, 1.165) is 39.4 Å². The number of nitrogens with zero attached hydrogens (tertiary/aromatic N) is 5. The number of hydrogen-bond acceptors (Lipinski definition) is 5. The lowest BCUT2D eigenvalue weighted by Gasteiger charge is -2.35. The monoisotopic (exact) mass is 523 g/mol. The second kappa shape index (κ2) is 10.2. The molecule has 3 aromatic carbocycles. The van der Waals surface area contributed by atoms with Crippen LogP contribution in [-0.4, -0.2) is 58.6 Å². The van der Waals surface area contributed by atoms with Gasteiger partial charge in [-0.3, -0.25) is 9.36 Å². The van der Waals surface area contributed by atoms with Crippen LogP contribution in [0.2, 0.25) is 5.02 Å². The second-order valence-electron chi connectivity index (χ2n) is 9.13. The largest absolute Gasteiger partial charge is 0.495 e. The maximum Gasteiger partial charge on any atom is 0.253 e. The number of aromatic nitrogens is 3. The molecule has 1 aliphatic heterocycles. The van der Waals surface area contributed by atoms with Crippen LogP contribution in [0.4, 0.5) is 5.82 Å². The Morgan fingerprint density at radius 1 is 0.868 bits per heavy atom. The van der Waals surface area contributed by atoms with Crippen LogP contribution in [0.1, 0.15) is 10.4 Å². The first-order valence-electron chi connectivity index (χ1n) is 12.5. The summed E-state index contributed by atoms with van der Waals surface area (Å²) >= 11 is 6.00. The SMILES string of the molecule is COc1ccccc1-n1cc(-c2ccccc2)c2c(N3CCN(C(=O)c4ccc(Cl)cc4)CC3)ncnc21. The number of rotatable bonds is 5. The van der Waals surface area contributed by atoms with E-state index in [0.29, 0.717) is 36.8 Å². The van der Waals surface area contributed by atoms with Crippen molar-refractivity contribution in [3.8, 4) is 22.6 Å². The number of hydrogen-bond donors (Lipinski definition) is 0. The normalized spacial score (nSPS) is 13.6. The molecule has 0 atom stereocenters. The summed E-state index contributed by atoms with van der Waals surface area (Å²) in [7, 11) is 1.67. The molecule has 6 rings (SSSR count). The van der Waals surface area contributed by atoms with Gasteiger partial charge in [-0.25, -0.2) is 9.97 Å². The molecule has 1 amide bonds. The van der Waals surface area contributed by atoms with Gasteiger partial charge in [-0.05, 0) is 42.0 Å². The van der Waals surface area contributed by atoms with Gasteiger partial charge in [0.25, 0.3) is 5.91 Å². The number of methoxy groups -OCH3 is 1. The number of carbonyl (C=O) groups excluding carboxylic acids is 1. The topological polar surface area (TPSA) is 63.5 Å². The number of halogens is 1. The van der Waals surface area contributed by atoms with Crippen LogP contribution in [0, 0.1) is 0 Å². The number of carbonyl (C=O) groups is 1. The Balaban J connectivity index is 1.39. The van der Waals surface area contributed by atoms with E-state index in [1.54, 1.807) is 37.7 Å². The van der Waals surface area contributed by atoms with Crippen LogP contribution < -0.4 is 9.64 Å². The van der Waals surface area contributed by atoms with Crippen molar-refractivity contribution in [3.05, 3.63) is 102 Å². The third kappa shape index (κ3) is 4.35. The van der Waals surface area contributed by atoms with Crippen LogP contribution in [0.5, 0.6) is 5.75 Å². The first kappa shape index (κ1) is 24.0. The summed E-state index contributed by atoms with van der Waals surface area (Å²) < 4.78 is 7.74. The summed E-state index contributed by atoms with van der Waals surface area (Å²) in [6.07, 6.45) is 3.72. The smallest absolute Gasteiger partial charge is 0.253 e. The zero-order valence-electron chi connectivity index (χ0n) is 20.9. The molecule has 190 valence electrons. The van der Waals surface area contributed by atoms with E-state index in [1.165, 1.54) is 0 Å². The Morgan fingerprint density at radius 2 is 1.58 bits per heavy atom. The number of para-hydroxylation sites is 2. The summed E-state index contributed by atoms with van der Waals surface area (Å²) in [6, 6.07) is 25.2. The van der Waals surface area contributed by atoms with Crippen molar-refractivity contribution < 1.29 is 9.53 Å². The summed E-state index contributed by atoms with van der Waals surface area (Å²) in [5.74, 6) is 1.64. The molecule has 0 N–H and O–H groups in total. The van der Waals surface area contributed by atoms with E-state index in [4.69, 9.17) is 26.3 Å². The molecule has 1 fully saturated rings. The molecule has 3 heterocycles. The third-order valence-electron chi connectivity index (χ3n) is 6.95. The highest BCUT2D eigenvalue weighted by Gasteiger charge is 2.26. The minimum Gasteiger partial charge on any atom is -0.495 e. The summed E-state index contributed by atoms with van der Waals surface area (Å²) in [5.41, 5.74) is 4.48. The molecule has 7 nitrogen and oxygen atoms in total. The fourth-order valence-electron chi connectivity index (χ4n) is 5.03. The number of benzene rings is 3. The molecular formula is C30H26ClN5O2. The van der Waals surface area contributed by atoms with Crippen molar-refractivity contribution in [3.63, 3.8) is 0 Å². The molecule has 0 unspecified atom stereocenters. The van der Waals surface area contributed by atoms with Gasteiger partial charge < -0.3 is 14.5 Å². The minimum absolute atomic E-state index is 0.0152. The molecule has 38 heavy (non-hydrogen) atoms. The molecule has 8 heteroatoms. The number of ether oxygens (including phenoxy) is 1. The van der Waals surface area contributed by atoms with Crippen LogP contribution in [0.25, 0.3) is 27.8 Å². The molecular weight excluding hydrogens is 498 g/mol. The number of fused-ring (bicyclic) bond motifs is 1. The Hall–Kier alpha value is -4.36. The predicted octanol–water partition coefficient (Wildman–Crippen LogP) is 5.71. The molecule has 5 aromatic rings. The van der Waals surface area contributed by atoms with Gasteiger partial charge >= 0.3 is 0 Å². The standard InChI is InChI=1S/C30H26ClN5O2/c1-38-26-10-6-5-9-25(26)36-19-24(21-7-3-2-4-8-21)27-28(32-20-33-29(27)36)34-15-17-35(18-16-34)30(37)22-11-13-23(31)14-12-22/h2-14,19-20H,15-18H2,1H3. The van der Waals surface area contributed by atoms with Gasteiger partial charge in [0.1, 0.15) is 17.9 Å². The second-order valence-corrected chi connectivity index (χ2v) is 9.57. The maximum absolute atomic E-state index is 13.0. The summed E-state index contributed by atoms with van der Waals surface area (Å²) in [6.45, 7) is 2.53.